The molecule has 0 unspecified atom stereocenters. The molecule has 0 fully saturated rings. The molecule has 0 N–H and O–H groups in total. The van der Waals surface area contributed by atoms with Gasteiger partial charge in [-0.2, -0.15) is 0 Å². The summed E-state index contributed by atoms with van der Waals surface area (Å²) in [7, 11) is 4.08. The number of nitrogens with zero attached hydrogens (tertiary/aromatic N) is 1. The van der Waals surface area contributed by atoms with Gasteiger partial charge in [-0.1, -0.05) is 37.3 Å². The molecule has 1 aromatic rings. The lowest BCUT2D eigenvalue weighted by molar-refractivity contribution is -0.120. The summed E-state index contributed by atoms with van der Waals surface area (Å²) < 4.78 is 0. The first-order valence-electron chi connectivity index (χ1n) is 5.87. The topological polar surface area (TPSA) is 20.3 Å². The zero-order valence-corrected chi connectivity index (χ0v) is 10.4. The highest BCUT2D eigenvalue weighted by atomic mass is 16.1. The minimum absolute atomic E-state index is 0.0635. The highest BCUT2D eigenvalue weighted by Gasteiger charge is 2.18. The van der Waals surface area contributed by atoms with Crippen molar-refractivity contribution in [1.29, 1.82) is 0 Å². The first-order valence-corrected chi connectivity index (χ1v) is 5.87. The average molecular weight is 219 g/mol. The number of rotatable bonds is 6. The maximum absolute atomic E-state index is 11.9. The van der Waals surface area contributed by atoms with Crippen LogP contribution in [0.5, 0.6) is 0 Å². The standard InChI is InChI=1S/C14H21NO/c1-4-14(16)13(10-11-15(2)3)12-8-6-5-7-9-12/h5-9,13H,4,10-11H2,1-3H3/t13-/m0/s1. The highest BCUT2D eigenvalue weighted by Crippen LogP contribution is 2.22. The van der Waals surface area contributed by atoms with Crippen molar-refractivity contribution in [3.05, 3.63) is 35.9 Å². The van der Waals surface area contributed by atoms with Gasteiger partial charge in [-0.3, -0.25) is 4.79 Å². The number of benzene rings is 1. The molecule has 1 rings (SSSR count). The van der Waals surface area contributed by atoms with E-state index in [-0.39, 0.29) is 5.92 Å². The summed E-state index contributed by atoms with van der Waals surface area (Å²) in [6, 6.07) is 10.1. The number of hydrogen-bond acceptors (Lipinski definition) is 2. The van der Waals surface area contributed by atoms with Crippen LogP contribution < -0.4 is 0 Å². The van der Waals surface area contributed by atoms with Crippen LogP contribution in [-0.2, 0) is 4.79 Å². The molecule has 0 aliphatic heterocycles. The Labute approximate surface area is 98.3 Å². The number of Topliss-reactive ketones (excluding diaryl/α,β-unsaturated/α-hetero) is 1. The molecule has 2 nitrogen and oxygen atoms in total. The van der Waals surface area contributed by atoms with E-state index in [9.17, 15) is 4.79 Å². The Bertz CT molecular complexity index is 319. The molecule has 2 heteroatoms. The van der Waals surface area contributed by atoms with E-state index in [1.165, 1.54) is 0 Å². The third kappa shape index (κ3) is 3.78. The predicted molar refractivity (Wildman–Crippen MR) is 67.7 cm³/mol. The Morgan fingerprint density at radius 1 is 1.25 bits per heavy atom. The van der Waals surface area contributed by atoms with Crippen LogP contribution in [0.15, 0.2) is 30.3 Å². The van der Waals surface area contributed by atoms with Crippen molar-refractivity contribution in [3.8, 4) is 0 Å². The molecule has 1 aromatic carbocycles. The van der Waals surface area contributed by atoms with Gasteiger partial charge in [-0.25, -0.2) is 0 Å². The van der Waals surface area contributed by atoms with Crippen LogP contribution in [-0.4, -0.2) is 31.3 Å². The van der Waals surface area contributed by atoms with Gasteiger partial charge in [-0.15, -0.1) is 0 Å². The fourth-order valence-corrected chi connectivity index (χ4v) is 1.83. The number of hydrogen-bond donors (Lipinski definition) is 0. The van der Waals surface area contributed by atoms with Crippen molar-refractivity contribution in [2.45, 2.75) is 25.7 Å². The van der Waals surface area contributed by atoms with Crippen LogP contribution in [0.25, 0.3) is 0 Å². The minimum Gasteiger partial charge on any atom is -0.309 e. The first-order chi connectivity index (χ1) is 7.65. The summed E-state index contributed by atoms with van der Waals surface area (Å²) in [5, 5.41) is 0. The first kappa shape index (κ1) is 12.9. The summed E-state index contributed by atoms with van der Waals surface area (Å²) in [5.74, 6) is 0.404. The minimum atomic E-state index is 0.0635. The fourth-order valence-electron chi connectivity index (χ4n) is 1.83. The lowest BCUT2D eigenvalue weighted by Crippen LogP contribution is -2.20. The molecule has 0 amide bonds. The Balaban J connectivity index is 2.76. The molecule has 16 heavy (non-hydrogen) atoms. The summed E-state index contributed by atoms with van der Waals surface area (Å²) in [5.41, 5.74) is 1.15. The van der Waals surface area contributed by atoms with Gasteiger partial charge in [0.25, 0.3) is 0 Å². The van der Waals surface area contributed by atoms with Gasteiger partial charge in [0.1, 0.15) is 5.78 Å². The second-order valence-corrected chi connectivity index (χ2v) is 4.38. The van der Waals surface area contributed by atoms with Gasteiger partial charge < -0.3 is 4.90 Å². The third-order valence-electron chi connectivity index (χ3n) is 2.80. The number of ketones is 1. The van der Waals surface area contributed by atoms with E-state index < -0.39 is 0 Å². The molecule has 0 radical (unpaired) electrons. The lowest BCUT2D eigenvalue weighted by atomic mass is 9.90. The van der Waals surface area contributed by atoms with Crippen LogP contribution in [0.3, 0.4) is 0 Å². The predicted octanol–water partition coefficient (Wildman–Crippen LogP) is 2.70. The monoisotopic (exact) mass is 219 g/mol. The second kappa shape index (κ2) is 6.44. The van der Waals surface area contributed by atoms with Gasteiger partial charge >= 0.3 is 0 Å². The molecule has 0 aromatic heterocycles. The zero-order chi connectivity index (χ0) is 12.0. The normalized spacial score (nSPS) is 12.8. The van der Waals surface area contributed by atoms with Gasteiger partial charge in [0, 0.05) is 12.3 Å². The van der Waals surface area contributed by atoms with Crippen LogP contribution in [0.1, 0.15) is 31.2 Å². The van der Waals surface area contributed by atoms with Crippen LogP contribution in [0, 0.1) is 0 Å². The molecular formula is C14H21NO. The molecule has 0 aliphatic rings. The Kier molecular flexibility index (Phi) is 5.20. The maximum atomic E-state index is 11.9. The van der Waals surface area contributed by atoms with Gasteiger partial charge in [0.15, 0.2) is 0 Å². The largest absolute Gasteiger partial charge is 0.309 e. The van der Waals surface area contributed by atoms with Crippen LogP contribution >= 0.6 is 0 Å². The molecule has 0 saturated carbocycles. The molecule has 0 saturated heterocycles. The summed E-state index contributed by atoms with van der Waals surface area (Å²) in [6.07, 6.45) is 1.52. The average Bonchev–Trinajstić information content (AvgIpc) is 2.30. The molecule has 0 aliphatic carbocycles. The van der Waals surface area contributed by atoms with E-state index in [4.69, 9.17) is 0 Å². The van der Waals surface area contributed by atoms with Gasteiger partial charge in [0.05, 0.1) is 0 Å². The molecule has 88 valence electrons. The summed E-state index contributed by atoms with van der Waals surface area (Å²) in [6.45, 7) is 2.89. The van der Waals surface area contributed by atoms with Crippen LogP contribution in [0.4, 0.5) is 0 Å². The lowest BCUT2D eigenvalue weighted by Gasteiger charge is -2.18. The molecule has 0 bridgehead atoms. The van der Waals surface area contributed by atoms with E-state index in [1.807, 2.05) is 51.4 Å². The van der Waals surface area contributed by atoms with E-state index in [0.29, 0.717) is 12.2 Å². The van der Waals surface area contributed by atoms with Crippen molar-refractivity contribution < 1.29 is 4.79 Å². The highest BCUT2D eigenvalue weighted by molar-refractivity contribution is 5.85. The van der Waals surface area contributed by atoms with E-state index in [1.54, 1.807) is 0 Å². The SMILES string of the molecule is CCC(=O)[C@@H](CCN(C)C)c1ccccc1. The quantitative estimate of drug-likeness (QED) is 0.733. The zero-order valence-electron chi connectivity index (χ0n) is 10.4. The third-order valence-corrected chi connectivity index (χ3v) is 2.80. The molecule has 0 spiro atoms. The summed E-state index contributed by atoms with van der Waals surface area (Å²) >= 11 is 0. The Morgan fingerprint density at radius 3 is 2.38 bits per heavy atom. The van der Waals surface area contributed by atoms with Crippen molar-refractivity contribution in [3.63, 3.8) is 0 Å². The van der Waals surface area contributed by atoms with E-state index in [2.05, 4.69) is 4.90 Å². The van der Waals surface area contributed by atoms with Crippen molar-refractivity contribution in [1.82, 2.24) is 4.90 Å². The van der Waals surface area contributed by atoms with Crippen molar-refractivity contribution in [2.24, 2.45) is 0 Å². The molecule has 0 heterocycles. The smallest absolute Gasteiger partial charge is 0.140 e. The maximum Gasteiger partial charge on any atom is 0.140 e. The number of carbonyl (C=O) groups is 1. The van der Waals surface area contributed by atoms with Crippen molar-refractivity contribution in [2.75, 3.05) is 20.6 Å². The molecule has 1 atom stereocenters. The Hall–Kier alpha value is -1.15. The van der Waals surface area contributed by atoms with Gasteiger partial charge in [0.2, 0.25) is 0 Å². The van der Waals surface area contributed by atoms with Crippen LogP contribution in [0.2, 0.25) is 0 Å². The fraction of sp³-hybridized carbons (Fsp3) is 0.500. The number of carbonyl (C=O) groups excluding carboxylic acids is 1. The van der Waals surface area contributed by atoms with Gasteiger partial charge in [-0.05, 0) is 32.6 Å². The van der Waals surface area contributed by atoms with Crippen molar-refractivity contribution >= 4 is 5.78 Å². The summed E-state index contributed by atoms with van der Waals surface area (Å²) in [4.78, 5) is 14.0. The second-order valence-electron chi connectivity index (χ2n) is 4.38. The van der Waals surface area contributed by atoms with E-state index in [0.717, 1.165) is 18.5 Å². The molecular weight excluding hydrogens is 198 g/mol. The van der Waals surface area contributed by atoms with E-state index >= 15 is 0 Å². The Morgan fingerprint density at radius 2 is 1.88 bits per heavy atom.